The Hall–Kier alpha value is -1.27. The fraction of sp³-hybridized carbons (Fsp3) is 0.200. The molecule has 0 spiro atoms. The molecular weight excluding hydrogens is 405 g/mol. The van der Waals surface area contributed by atoms with Gasteiger partial charge in [0.25, 0.3) is 0 Å². The van der Waals surface area contributed by atoms with Crippen LogP contribution < -0.4 is 14.8 Å². The molecule has 2 aromatic carbocycles. The van der Waals surface area contributed by atoms with Gasteiger partial charge in [-0.3, -0.25) is 0 Å². The van der Waals surface area contributed by atoms with Crippen LogP contribution in [0.5, 0.6) is 11.5 Å². The SMILES string of the molecule is Fc1ccc(NCc2cc(Br)c3c(c2)OCCO3)cc1Br. The molecule has 1 N–H and O–H groups in total. The van der Waals surface area contributed by atoms with Crippen molar-refractivity contribution in [2.45, 2.75) is 6.54 Å². The number of halogens is 3. The quantitative estimate of drug-likeness (QED) is 0.784. The van der Waals surface area contributed by atoms with Crippen LogP contribution in [0.4, 0.5) is 10.1 Å². The Morgan fingerprint density at radius 1 is 1.05 bits per heavy atom. The molecule has 6 heteroatoms. The molecule has 0 saturated heterocycles. The summed E-state index contributed by atoms with van der Waals surface area (Å²) >= 11 is 6.66. The lowest BCUT2D eigenvalue weighted by Crippen LogP contribution is -2.16. The van der Waals surface area contributed by atoms with Crippen LogP contribution in [0.15, 0.2) is 39.3 Å². The molecule has 2 aromatic rings. The summed E-state index contributed by atoms with van der Waals surface area (Å²) in [5.74, 6) is 1.21. The van der Waals surface area contributed by atoms with Crippen LogP contribution in [0.3, 0.4) is 0 Å². The summed E-state index contributed by atoms with van der Waals surface area (Å²) in [6.07, 6.45) is 0. The summed E-state index contributed by atoms with van der Waals surface area (Å²) < 4.78 is 25.7. The third kappa shape index (κ3) is 3.32. The Morgan fingerprint density at radius 3 is 2.67 bits per heavy atom. The number of fused-ring (bicyclic) bond motifs is 1. The summed E-state index contributed by atoms with van der Waals surface area (Å²) in [4.78, 5) is 0. The van der Waals surface area contributed by atoms with Crippen LogP contribution in [0, 0.1) is 5.82 Å². The lowest BCUT2D eigenvalue weighted by molar-refractivity contribution is 0.170. The van der Waals surface area contributed by atoms with Crippen LogP contribution in [-0.2, 0) is 6.54 Å². The molecule has 0 aliphatic carbocycles. The van der Waals surface area contributed by atoms with Crippen LogP contribution in [0.1, 0.15) is 5.56 Å². The van der Waals surface area contributed by atoms with Crippen LogP contribution in [0.25, 0.3) is 0 Å². The molecule has 0 saturated carbocycles. The van der Waals surface area contributed by atoms with Crippen molar-refractivity contribution in [3.63, 3.8) is 0 Å². The fourth-order valence-corrected chi connectivity index (χ4v) is 3.06. The third-order valence-corrected chi connectivity index (χ3v) is 4.27. The molecule has 0 fully saturated rings. The van der Waals surface area contributed by atoms with E-state index in [-0.39, 0.29) is 5.82 Å². The molecule has 0 amide bonds. The van der Waals surface area contributed by atoms with Gasteiger partial charge in [-0.1, -0.05) is 0 Å². The molecule has 0 atom stereocenters. The van der Waals surface area contributed by atoms with Crippen molar-refractivity contribution in [1.29, 1.82) is 0 Å². The number of benzene rings is 2. The van der Waals surface area contributed by atoms with Gasteiger partial charge >= 0.3 is 0 Å². The highest BCUT2D eigenvalue weighted by Gasteiger charge is 2.16. The molecule has 0 bridgehead atoms. The predicted octanol–water partition coefficient (Wildman–Crippen LogP) is 4.73. The summed E-state index contributed by atoms with van der Waals surface area (Å²) in [6.45, 7) is 1.72. The van der Waals surface area contributed by atoms with E-state index in [1.165, 1.54) is 6.07 Å². The molecular formula is C15H12Br2FNO2. The Morgan fingerprint density at radius 2 is 1.86 bits per heavy atom. The van der Waals surface area contributed by atoms with Gasteiger partial charge in [0.2, 0.25) is 0 Å². The molecule has 1 aliphatic heterocycles. The second-order valence-electron chi connectivity index (χ2n) is 4.58. The topological polar surface area (TPSA) is 30.5 Å². The number of anilines is 1. The highest BCUT2D eigenvalue weighted by atomic mass is 79.9. The van der Waals surface area contributed by atoms with E-state index in [1.54, 1.807) is 12.1 Å². The molecule has 1 heterocycles. The van der Waals surface area contributed by atoms with E-state index in [2.05, 4.69) is 37.2 Å². The van der Waals surface area contributed by atoms with Gasteiger partial charge in [0.05, 0.1) is 8.95 Å². The third-order valence-electron chi connectivity index (χ3n) is 3.07. The van der Waals surface area contributed by atoms with Gasteiger partial charge in [0.1, 0.15) is 19.0 Å². The van der Waals surface area contributed by atoms with Gasteiger partial charge in [-0.25, -0.2) is 4.39 Å². The molecule has 110 valence electrons. The Bertz CT molecular complexity index is 679. The van der Waals surface area contributed by atoms with Crippen molar-refractivity contribution in [3.05, 3.63) is 50.7 Å². The highest BCUT2D eigenvalue weighted by Crippen LogP contribution is 2.38. The van der Waals surface area contributed by atoms with Crippen molar-refractivity contribution in [1.82, 2.24) is 0 Å². The van der Waals surface area contributed by atoms with E-state index in [9.17, 15) is 4.39 Å². The standard InChI is InChI=1S/C15H12Br2FNO2/c16-11-7-10(1-2-13(11)18)19-8-9-5-12(17)15-14(6-9)20-3-4-21-15/h1-2,5-7,19H,3-4,8H2. The highest BCUT2D eigenvalue weighted by molar-refractivity contribution is 9.10. The Labute approximate surface area is 138 Å². The zero-order chi connectivity index (χ0) is 14.8. The Kier molecular flexibility index (Phi) is 4.35. The van der Waals surface area contributed by atoms with Gasteiger partial charge in [0.15, 0.2) is 11.5 Å². The number of nitrogens with one attached hydrogen (secondary N) is 1. The lowest BCUT2D eigenvalue weighted by atomic mass is 10.2. The van der Waals surface area contributed by atoms with Crippen molar-refractivity contribution < 1.29 is 13.9 Å². The molecule has 21 heavy (non-hydrogen) atoms. The van der Waals surface area contributed by atoms with E-state index in [0.29, 0.717) is 24.2 Å². The normalized spacial score (nSPS) is 13.1. The van der Waals surface area contributed by atoms with Crippen LogP contribution >= 0.6 is 31.9 Å². The summed E-state index contributed by atoms with van der Waals surface area (Å²) in [7, 11) is 0. The predicted molar refractivity (Wildman–Crippen MR) is 86.6 cm³/mol. The first-order chi connectivity index (χ1) is 10.1. The molecule has 0 radical (unpaired) electrons. The van der Waals surface area contributed by atoms with Crippen molar-refractivity contribution in [3.8, 4) is 11.5 Å². The minimum absolute atomic E-state index is 0.275. The van der Waals surface area contributed by atoms with Crippen LogP contribution in [-0.4, -0.2) is 13.2 Å². The van der Waals surface area contributed by atoms with E-state index in [4.69, 9.17) is 9.47 Å². The van der Waals surface area contributed by atoms with Gasteiger partial charge in [0, 0.05) is 12.2 Å². The van der Waals surface area contributed by atoms with E-state index in [1.807, 2.05) is 12.1 Å². The average Bonchev–Trinajstić information content (AvgIpc) is 2.49. The summed E-state index contributed by atoms with van der Waals surface area (Å²) in [5.41, 5.74) is 1.89. The maximum Gasteiger partial charge on any atom is 0.175 e. The monoisotopic (exact) mass is 415 g/mol. The van der Waals surface area contributed by atoms with Crippen LogP contribution in [0.2, 0.25) is 0 Å². The van der Waals surface area contributed by atoms with E-state index < -0.39 is 0 Å². The lowest BCUT2D eigenvalue weighted by Gasteiger charge is -2.20. The van der Waals surface area contributed by atoms with Gasteiger partial charge in [-0.15, -0.1) is 0 Å². The second kappa shape index (κ2) is 6.23. The van der Waals surface area contributed by atoms with Crippen molar-refractivity contribution in [2.24, 2.45) is 0 Å². The minimum Gasteiger partial charge on any atom is -0.486 e. The molecule has 0 unspecified atom stereocenters. The molecule has 1 aliphatic rings. The van der Waals surface area contributed by atoms with Gasteiger partial charge < -0.3 is 14.8 Å². The van der Waals surface area contributed by atoms with Crippen molar-refractivity contribution >= 4 is 37.5 Å². The average molecular weight is 417 g/mol. The van der Waals surface area contributed by atoms with Gasteiger partial charge in [-0.05, 0) is 67.8 Å². The first-order valence-corrected chi connectivity index (χ1v) is 7.99. The molecule has 3 rings (SSSR count). The smallest absolute Gasteiger partial charge is 0.175 e. The maximum atomic E-state index is 13.2. The number of rotatable bonds is 3. The largest absolute Gasteiger partial charge is 0.486 e. The first-order valence-electron chi connectivity index (χ1n) is 6.40. The minimum atomic E-state index is -0.275. The first kappa shape index (κ1) is 14.7. The van der Waals surface area contributed by atoms with E-state index >= 15 is 0 Å². The zero-order valence-corrected chi connectivity index (χ0v) is 14.1. The second-order valence-corrected chi connectivity index (χ2v) is 6.29. The zero-order valence-electron chi connectivity index (χ0n) is 11.0. The maximum absolute atomic E-state index is 13.2. The number of hydrogen-bond acceptors (Lipinski definition) is 3. The summed E-state index contributed by atoms with van der Waals surface area (Å²) in [6, 6.07) is 8.77. The number of ether oxygens (including phenoxy) is 2. The van der Waals surface area contributed by atoms with Crippen molar-refractivity contribution in [2.75, 3.05) is 18.5 Å². The summed E-state index contributed by atoms with van der Waals surface area (Å²) in [5, 5.41) is 3.25. The molecule has 0 aromatic heterocycles. The van der Waals surface area contributed by atoms with E-state index in [0.717, 1.165) is 27.2 Å². The Balaban J connectivity index is 1.76. The molecule has 3 nitrogen and oxygen atoms in total. The fourth-order valence-electron chi connectivity index (χ4n) is 2.08. The number of hydrogen-bond donors (Lipinski definition) is 1. The van der Waals surface area contributed by atoms with Gasteiger partial charge in [-0.2, -0.15) is 0 Å².